The summed E-state index contributed by atoms with van der Waals surface area (Å²) in [4.78, 5) is 14.4. The van der Waals surface area contributed by atoms with Gasteiger partial charge in [-0.1, -0.05) is 63.2 Å². The Morgan fingerprint density at radius 1 is 1.04 bits per heavy atom. The van der Waals surface area contributed by atoms with E-state index in [1.165, 1.54) is 11.1 Å². The van der Waals surface area contributed by atoms with Crippen LogP contribution >= 0.6 is 0 Å². The van der Waals surface area contributed by atoms with Gasteiger partial charge in [-0.05, 0) is 41.5 Å². The molecule has 0 spiro atoms. The molecule has 3 nitrogen and oxygen atoms in total. The smallest absolute Gasteiger partial charge is 0.222 e. The fourth-order valence-corrected chi connectivity index (χ4v) is 3.35. The Morgan fingerprint density at radius 3 is 2.23 bits per heavy atom. The standard InChI is InChI=1S/C23H31NO2/c1-5-23(25)24(17-19-9-7-6-8-10-19)16-15-22(18(2)3)20-11-13-21(26-4)14-12-20/h6-14,18,22H,5,15-17H2,1-4H3/t22-/m0/s1. The van der Waals surface area contributed by atoms with Crippen LogP contribution in [0.4, 0.5) is 0 Å². The van der Waals surface area contributed by atoms with Crippen LogP contribution in [0.2, 0.25) is 0 Å². The van der Waals surface area contributed by atoms with Gasteiger partial charge in [-0.3, -0.25) is 4.79 Å². The van der Waals surface area contributed by atoms with Gasteiger partial charge in [0.2, 0.25) is 5.91 Å². The molecular formula is C23H31NO2. The molecule has 140 valence electrons. The first kappa shape index (κ1) is 20.0. The number of carbonyl (C=O) groups is 1. The second kappa shape index (κ2) is 10.0. The Bertz CT molecular complexity index is 664. The third-order valence-corrected chi connectivity index (χ3v) is 4.93. The van der Waals surface area contributed by atoms with Crippen molar-refractivity contribution in [2.75, 3.05) is 13.7 Å². The lowest BCUT2D eigenvalue weighted by atomic mass is 9.85. The van der Waals surface area contributed by atoms with E-state index in [9.17, 15) is 4.79 Å². The predicted octanol–water partition coefficient (Wildman–Crippen LogP) is 5.26. The minimum Gasteiger partial charge on any atom is -0.497 e. The van der Waals surface area contributed by atoms with E-state index in [0.29, 0.717) is 24.8 Å². The topological polar surface area (TPSA) is 29.5 Å². The van der Waals surface area contributed by atoms with E-state index < -0.39 is 0 Å². The first-order valence-electron chi connectivity index (χ1n) is 9.50. The van der Waals surface area contributed by atoms with E-state index in [1.54, 1.807) is 7.11 Å². The Balaban J connectivity index is 2.08. The molecule has 2 rings (SSSR count). The average Bonchev–Trinajstić information content (AvgIpc) is 2.67. The van der Waals surface area contributed by atoms with Gasteiger partial charge in [0.25, 0.3) is 0 Å². The molecule has 1 amide bonds. The molecule has 0 bridgehead atoms. The molecule has 0 aromatic heterocycles. The van der Waals surface area contributed by atoms with Crippen molar-refractivity contribution in [2.45, 2.75) is 46.1 Å². The predicted molar refractivity (Wildman–Crippen MR) is 107 cm³/mol. The molecule has 26 heavy (non-hydrogen) atoms. The van der Waals surface area contributed by atoms with Crippen molar-refractivity contribution < 1.29 is 9.53 Å². The fourth-order valence-electron chi connectivity index (χ4n) is 3.35. The van der Waals surface area contributed by atoms with Crippen LogP contribution in [0.15, 0.2) is 54.6 Å². The molecule has 0 aliphatic carbocycles. The fraction of sp³-hybridized carbons (Fsp3) is 0.435. The number of nitrogens with zero attached hydrogens (tertiary/aromatic N) is 1. The minimum absolute atomic E-state index is 0.214. The van der Waals surface area contributed by atoms with Gasteiger partial charge >= 0.3 is 0 Å². The highest BCUT2D eigenvalue weighted by molar-refractivity contribution is 5.75. The monoisotopic (exact) mass is 353 g/mol. The number of rotatable bonds is 9. The average molecular weight is 354 g/mol. The molecule has 2 aromatic rings. The number of carbonyl (C=O) groups excluding carboxylic acids is 1. The molecule has 0 unspecified atom stereocenters. The van der Waals surface area contributed by atoms with Gasteiger partial charge in [0.05, 0.1) is 7.11 Å². The molecular weight excluding hydrogens is 322 g/mol. The summed E-state index contributed by atoms with van der Waals surface area (Å²) in [7, 11) is 1.69. The van der Waals surface area contributed by atoms with Gasteiger partial charge in [0.15, 0.2) is 0 Å². The van der Waals surface area contributed by atoms with Crippen molar-refractivity contribution in [1.82, 2.24) is 4.90 Å². The van der Waals surface area contributed by atoms with Gasteiger partial charge < -0.3 is 9.64 Å². The number of hydrogen-bond acceptors (Lipinski definition) is 2. The quantitative estimate of drug-likeness (QED) is 0.615. The Kier molecular flexibility index (Phi) is 7.71. The Morgan fingerprint density at radius 2 is 1.69 bits per heavy atom. The largest absolute Gasteiger partial charge is 0.497 e. The molecule has 0 fully saturated rings. The molecule has 2 aromatic carbocycles. The summed E-state index contributed by atoms with van der Waals surface area (Å²) in [5.41, 5.74) is 2.49. The van der Waals surface area contributed by atoms with E-state index in [-0.39, 0.29) is 5.91 Å². The molecule has 0 saturated heterocycles. The van der Waals surface area contributed by atoms with E-state index >= 15 is 0 Å². The van der Waals surface area contributed by atoms with Crippen molar-refractivity contribution in [3.63, 3.8) is 0 Å². The summed E-state index contributed by atoms with van der Waals surface area (Å²) in [6, 6.07) is 18.6. The summed E-state index contributed by atoms with van der Waals surface area (Å²) >= 11 is 0. The number of methoxy groups -OCH3 is 1. The zero-order chi connectivity index (χ0) is 18.9. The lowest BCUT2D eigenvalue weighted by molar-refractivity contribution is -0.131. The van der Waals surface area contributed by atoms with Gasteiger partial charge in [0, 0.05) is 19.5 Å². The Labute approximate surface area is 158 Å². The zero-order valence-electron chi connectivity index (χ0n) is 16.4. The zero-order valence-corrected chi connectivity index (χ0v) is 16.4. The van der Waals surface area contributed by atoms with Crippen molar-refractivity contribution in [2.24, 2.45) is 5.92 Å². The molecule has 0 N–H and O–H groups in total. The molecule has 0 radical (unpaired) electrons. The number of ether oxygens (including phenoxy) is 1. The normalized spacial score (nSPS) is 12.0. The van der Waals surface area contributed by atoms with Crippen LogP contribution in [0, 0.1) is 5.92 Å². The van der Waals surface area contributed by atoms with Crippen molar-refractivity contribution in [3.8, 4) is 5.75 Å². The summed E-state index contributed by atoms with van der Waals surface area (Å²) in [5.74, 6) is 2.02. The lowest BCUT2D eigenvalue weighted by Crippen LogP contribution is -2.32. The van der Waals surface area contributed by atoms with Crippen molar-refractivity contribution >= 4 is 5.91 Å². The first-order valence-corrected chi connectivity index (χ1v) is 9.50. The summed E-state index contributed by atoms with van der Waals surface area (Å²) in [6.45, 7) is 7.89. The maximum absolute atomic E-state index is 12.4. The first-order chi connectivity index (χ1) is 12.5. The van der Waals surface area contributed by atoms with Crippen LogP contribution in [-0.2, 0) is 11.3 Å². The summed E-state index contributed by atoms with van der Waals surface area (Å²) < 4.78 is 5.27. The molecule has 0 aliphatic heterocycles. The maximum atomic E-state index is 12.4. The molecule has 0 aliphatic rings. The van der Waals surface area contributed by atoms with Gasteiger partial charge in [-0.2, -0.15) is 0 Å². The van der Waals surface area contributed by atoms with Crippen LogP contribution in [0.5, 0.6) is 5.75 Å². The third-order valence-electron chi connectivity index (χ3n) is 4.93. The highest BCUT2D eigenvalue weighted by atomic mass is 16.5. The molecule has 1 atom stereocenters. The number of hydrogen-bond donors (Lipinski definition) is 0. The van der Waals surface area contributed by atoms with Crippen LogP contribution < -0.4 is 4.74 Å². The van der Waals surface area contributed by atoms with E-state index in [0.717, 1.165) is 18.7 Å². The van der Waals surface area contributed by atoms with Crippen LogP contribution in [-0.4, -0.2) is 24.5 Å². The third kappa shape index (κ3) is 5.62. The van der Waals surface area contributed by atoms with E-state index in [2.05, 4.69) is 38.1 Å². The highest BCUT2D eigenvalue weighted by Gasteiger charge is 2.19. The van der Waals surface area contributed by atoms with Gasteiger partial charge in [-0.15, -0.1) is 0 Å². The molecule has 3 heteroatoms. The minimum atomic E-state index is 0.214. The lowest BCUT2D eigenvalue weighted by Gasteiger charge is -2.27. The molecule has 0 saturated carbocycles. The van der Waals surface area contributed by atoms with Crippen LogP contribution in [0.1, 0.15) is 50.7 Å². The summed E-state index contributed by atoms with van der Waals surface area (Å²) in [5, 5.41) is 0. The summed E-state index contributed by atoms with van der Waals surface area (Å²) in [6.07, 6.45) is 1.50. The van der Waals surface area contributed by atoms with Crippen molar-refractivity contribution in [1.29, 1.82) is 0 Å². The number of benzene rings is 2. The van der Waals surface area contributed by atoms with E-state index in [4.69, 9.17) is 4.74 Å². The van der Waals surface area contributed by atoms with Crippen molar-refractivity contribution in [3.05, 3.63) is 65.7 Å². The Hall–Kier alpha value is -2.29. The van der Waals surface area contributed by atoms with Crippen LogP contribution in [0.3, 0.4) is 0 Å². The van der Waals surface area contributed by atoms with Gasteiger partial charge in [-0.25, -0.2) is 0 Å². The number of amides is 1. The second-order valence-electron chi connectivity index (χ2n) is 7.07. The second-order valence-corrected chi connectivity index (χ2v) is 7.07. The van der Waals surface area contributed by atoms with Gasteiger partial charge in [0.1, 0.15) is 5.75 Å². The van der Waals surface area contributed by atoms with E-state index in [1.807, 2.05) is 42.2 Å². The molecule has 0 heterocycles. The SMILES string of the molecule is CCC(=O)N(CC[C@H](c1ccc(OC)cc1)C(C)C)Cc1ccccc1. The highest BCUT2D eigenvalue weighted by Crippen LogP contribution is 2.29. The van der Waals surface area contributed by atoms with Crippen LogP contribution in [0.25, 0.3) is 0 Å². The maximum Gasteiger partial charge on any atom is 0.222 e.